The highest BCUT2D eigenvalue weighted by atomic mass is 32.2. The molecule has 0 spiro atoms. The van der Waals surface area contributed by atoms with Crippen LogP contribution in [0.4, 0.5) is 5.95 Å². The van der Waals surface area contributed by atoms with E-state index < -0.39 is 0 Å². The van der Waals surface area contributed by atoms with E-state index in [9.17, 15) is 4.79 Å². The largest absolute Gasteiger partial charge is 0.355 e. The summed E-state index contributed by atoms with van der Waals surface area (Å²) in [6.07, 6.45) is 5.43. The van der Waals surface area contributed by atoms with Crippen LogP contribution in [0.2, 0.25) is 0 Å². The first kappa shape index (κ1) is 18.7. The van der Waals surface area contributed by atoms with E-state index in [-0.39, 0.29) is 11.8 Å². The van der Waals surface area contributed by atoms with Crippen molar-refractivity contribution in [3.63, 3.8) is 0 Å². The van der Waals surface area contributed by atoms with Crippen LogP contribution in [0, 0.1) is 12.8 Å². The number of piperidine rings is 1. The summed E-state index contributed by atoms with van der Waals surface area (Å²) in [6.45, 7) is 4.43. The lowest BCUT2D eigenvalue weighted by Gasteiger charge is -2.31. The molecular formula is C20H26N4OS. The number of rotatable bonds is 7. The highest BCUT2D eigenvalue weighted by molar-refractivity contribution is 7.98. The number of aromatic nitrogens is 2. The monoisotopic (exact) mass is 370 g/mol. The van der Waals surface area contributed by atoms with Gasteiger partial charge in [0.2, 0.25) is 11.9 Å². The van der Waals surface area contributed by atoms with Crippen LogP contribution in [-0.4, -0.2) is 41.3 Å². The molecular weight excluding hydrogens is 344 g/mol. The highest BCUT2D eigenvalue weighted by Crippen LogP contribution is 2.20. The minimum Gasteiger partial charge on any atom is -0.355 e. The van der Waals surface area contributed by atoms with Gasteiger partial charge in [-0.3, -0.25) is 4.79 Å². The van der Waals surface area contributed by atoms with Gasteiger partial charge in [0.15, 0.2) is 0 Å². The fourth-order valence-corrected chi connectivity index (χ4v) is 3.91. The number of carbonyl (C=O) groups is 1. The molecule has 1 aromatic carbocycles. The van der Waals surface area contributed by atoms with Gasteiger partial charge in [0, 0.05) is 43.5 Å². The lowest BCUT2D eigenvalue weighted by Crippen LogP contribution is -2.44. The first-order valence-corrected chi connectivity index (χ1v) is 10.3. The number of thioether (sulfide) groups is 1. The van der Waals surface area contributed by atoms with Crippen molar-refractivity contribution in [2.75, 3.05) is 30.3 Å². The van der Waals surface area contributed by atoms with Crippen LogP contribution in [0.3, 0.4) is 0 Å². The molecule has 1 atom stereocenters. The van der Waals surface area contributed by atoms with Crippen LogP contribution in [0.15, 0.2) is 42.7 Å². The number of benzene rings is 1. The van der Waals surface area contributed by atoms with E-state index in [1.807, 2.05) is 17.8 Å². The predicted molar refractivity (Wildman–Crippen MR) is 107 cm³/mol. The second-order valence-electron chi connectivity index (χ2n) is 6.66. The van der Waals surface area contributed by atoms with Crippen molar-refractivity contribution in [1.82, 2.24) is 15.3 Å². The van der Waals surface area contributed by atoms with Crippen LogP contribution in [0.5, 0.6) is 0 Å². The Labute approximate surface area is 159 Å². The minimum atomic E-state index is 0.0228. The SMILES string of the molecule is Cc1ccc(CSCCNC(=O)[C@H]2CCCN(c3ncccn3)C2)cc1. The topological polar surface area (TPSA) is 58.1 Å². The van der Waals surface area contributed by atoms with Crippen molar-refractivity contribution in [3.05, 3.63) is 53.9 Å². The minimum absolute atomic E-state index is 0.0228. The lowest BCUT2D eigenvalue weighted by atomic mass is 9.97. The molecule has 3 rings (SSSR count). The van der Waals surface area contributed by atoms with Gasteiger partial charge in [-0.2, -0.15) is 11.8 Å². The molecule has 0 saturated carbocycles. The third kappa shape index (κ3) is 5.46. The normalized spacial score (nSPS) is 17.1. The second kappa shape index (κ2) is 9.57. The van der Waals surface area contributed by atoms with Crippen molar-refractivity contribution < 1.29 is 4.79 Å². The molecule has 6 heteroatoms. The van der Waals surface area contributed by atoms with Gasteiger partial charge in [0.05, 0.1) is 5.92 Å². The van der Waals surface area contributed by atoms with Gasteiger partial charge in [-0.05, 0) is 31.4 Å². The van der Waals surface area contributed by atoms with Gasteiger partial charge < -0.3 is 10.2 Å². The van der Waals surface area contributed by atoms with Gasteiger partial charge in [-0.15, -0.1) is 0 Å². The predicted octanol–water partition coefficient (Wildman–Crippen LogP) is 3.05. The van der Waals surface area contributed by atoms with Crippen molar-refractivity contribution in [1.29, 1.82) is 0 Å². The van der Waals surface area contributed by atoms with Crippen LogP contribution in [0.1, 0.15) is 24.0 Å². The summed E-state index contributed by atoms with van der Waals surface area (Å²) in [5.41, 5.74) is 2.62. The first-order chi connectivity index (χ1) is 12.7. The molecule has 0 unspecified atom stereocenters. The second-order valence-corrected chi connectivity index (χ2v) is 7.77. The summed E-state index contributed by atoms with van der Waals surface area (Å²) in [5, 5.41) is 3.09. The Morgan fingerprint density at radius 2 is 2.04 bits per heavy atom. The van der Waals surface area contributed by atoms with Crippen molar-refractivity contribution in [3.8, 4) is 0 Å². The van der Waals surface area contributed by atoms with Crippen molar-refractivity contribution in [2.24, 2.45) is 5.92 Å². The van der Waals surface area contributed by atoms with E-state index in [2.05, 4.69) is 51.4 Å². The molecule has 1 fully saturated rings. The van der Waals surface area contributed by atoms with E-state index in [0.717, 1.165) is 36.8 Å². The highest BCUT2D eigenvalue weighted by Gasteiger charge is 2.26. The number of nitrogens with zero attached hydrogens (tertiary/aromatic N) is 3. The Balaban J connectivity index is 1.37. The molecule has 2 aromatic rings. The molecule has 1 aliphatic rings. The molecule has 2 heterocycles. The maximum absolute atomic E-state index is 12.5. The molecule has 1 aliphatic heterocycles. The van der Waals surface area contributed by atoms with Gasteiger partial charge in [0.25, 0.3) is 0 Å². The van der Waals surface area contributed by atoms with Gasteiger partial charge >= 0.3 is 0 Å². The van der Waals surface area contributed by atoms with Gasteiger partial charge in [-0.25, -0.2) is 9.97 Å². The molecule has 1 amide bonds. The fraction of sp³-hybridized carbons (Fsp3) is 0.450. The zero-order chi connectivity index (χ0) is 18.2. The number of nitrogens with one attached hydrogen (secondary N) is 1. The average molecular weight is 371 g/mol. The lowest BCUT2D eigenvalue weighted by molar-refractivity contribution is -0.125. The molecule has 0 bridgehead atoms. The number of anilines is 1. The van der Waals surface area contributed by atoms with Crippen LogP contribution < -0.4 is 10.2 Å². The zero-order valence-corrected chi connectivity index (χ0v) is 16.0. The van der Waals surface area contributed by atoms with Crippen LogP contribution in [0.25, 0.3) is 0 Å². The maximum Gasteiger partial charge on any atom is 0.225 e. The molecule has 0 radical (unpaired) electrons. The third-order valence-corrected chi connectivity index (χ3v) is 5.59. The molecule has 26 heavy (non-hydrogen) atoms. The fourth-order valence-electron chi connectivity index (χ4n) is 3.09. The Morgan fingerprint density at radius 3 is 2.81 bits per heavy atom. The molecule has 1 N–H and O–H groups in total. The zero-order valence-electron chi connectivity index (χ0n) is 15.2. The molecule has 0 aliphatic carbocycles. The number of hydrogen-bond acceptors (Lipinski definition) is 5. The third-order valence-electron chi connectivity index (χ3n) is 4.56. The van der Waals surface area contributed by atoms with Crippen molar-refractivity contribution >= 4 is 23.6 Å². The van der Waals surface area contributed by atoms with Gasteiger partial charge in [-0.1, -0.05) is 29.8 Å². The van der Waals surface area contributed by atoms with Crippen LogP contribution >= 0.6 is 11.8 Å². The summed E-state index contributed by atoms with van der Waals surface area (Å²) in [6, 6.07) is 10.4. The Hall–Kier alpha value is -2.08. The summed E-state index contributed by atoms with van der Waals surface area (Å²) in [5.74, 6) is 2.81. The molecule has 138 valence electrons. The van der Waals surface area contributed by atoms with E-state index in [4.69, 9.17) is 0 Å². The quantitative estimate of drug-likeness (QED) is 0.759. The van der Waals surface area contributed by atoms with Crippen LogP contribution in [-0.2, 0) is 10.5 Å². The first-order valence-electron chi connectivity index (χ1n) is 9.15. The number of carbonyl (C=O) groups excluding carboxylic acids is 1. The number of amides is 1. The van der Waals surface area contributed by atoms with E-state index in [1.165, 1.54) is 11.1 Å². The Kier molecular flexibility index (Phi) is 6.89. The maximum atomic E-state index is 12.5. The molecule has 1 aromatic heterocycles. The van der Waals surface area contributed by atoms with E-state index in [1.54, 1.807) is 12.4 Å². The Bertz CT molecular complexity index is 693. The van der Waals surface area contributed by atoms with E-state index >= 15 is 0 Å². The van der Waals surface area contributed by atoms with Crippen molar-refractivity contribution in [2.45, 2.75) is 25.5 Å². The molecule has 1 saturated heterocycles. The van der Waals surface area contributed by atoms with Gasteiger partial charge in [0.1, 0.15) is 0 Å². The number of hydrogen-bond donors (Lipinski definition) is 1. The average Bonchev–Trinajstić information content (AvgIpc) is 2.70. The standard InChI is InChI=1S/C20H26N4OS/c1-16-5-7-17(8-6-16)15-26-13-11-21-19(25)18-4-2-12-24(14-18)20-22-9-3-10-23-20/h3,5-10,18H,2,4,11-15H2,1H3,(H,21,25)/t18-/m0/s1. The summed E-state index contributed by atoms with van der Waals surface area (Å²) >= 11 is 1.85. The molecule has 5 nitrogen and oxygen atoms in total. The summed E-state index contributed by atoms with van der Waals surface area (Å²) in [4.78, 5) is 23.2. The summed E-state index contributed by atoms with van der Waals surface area (Å²) in [7, 11) is 0. The number of aryl methyl sites for hydroxylation is 1. The summed E-state index contributed by atoms with van der Waals surface area (Å²) < 4.78 is 0. The smallest absolute Gasteiger partial charge is 0.225 e. The van der Waals surface area contributed by atoms with E-state index in [0.29, 0.717) is 13.1 Å². The Morgan fingerprint density at radius 1 is 1.27 bits per heavy atom.